The average molecular weight is 185 g/mol. The predicted octanol–water partition coefficient (Wildman–Crippen LogP) is -0.549. The molecule has 3 N–H and O–H groups in total. The van der Waals surface area contributed by atoms with Gasteiger partial charge in [0.2, 0.25) is 0 Å². The van der Waals surface area contributed by atoms with Crippen LogP contribution in [-0.4, -0.2) is 38.8 Å². The van der Waals surface area contributed by atoms with E-state index in [0.29, 0.717) is 6.42 Å². The zero-order valence-corrected chi connectivity index (χ0v) is 8.43. The molecule has 0 fully saturated rings. The van der Waals surface area contributed by atoms with Crippen LogP contribution in [0.2, 0.25) is 0 Å². The lowest BCUT2D eigenvalue weighted by molar-refractivity contribution is 0.143. The highest BCUT2D eigenvalue weighted by molar-refractivity contribution is 4.69. The van der Waals surface area contributed by atoms with Gasteiger partial charge in [0.15, 0.2) is 0 Å². The number of hydrazine groups is 2. The highest BCUT2D eigenvalue weighted by atomic mass is 15.7. The second-order valence-electron chi connectivity index (χ2n) is 2.61. The van der Waals surface area contributed by atoms with Gasteiger partial charge in [-0.3, -0.25) is 0 Å². The standard InChI is InChI=1S/C8H19N5/c1-10-13(11-2)8-4-7-12-6-3-5-9/h10-12H,3-4,6-8H2,1-2H3. The van der Waals surface area contributed by atoms with Gasteiger partial charge in [0.05, 0.1) is 6.07 Å². The molecule has 0 unspecified atom stereocenters. The third kappa shape index (κ3) is 7.68. The number of nitriles is 1. The summed E-state index contributed by atoms with van der Waals surface area (Å²) in [7, 11) is 3.75. The molecule has 0 saturated carbocycles. The van der Waals surface area contributed by atoms with Crippen LogP contribution in [0.5, 0.6) is 0 Å². The van der Waals surface area contributed by atoms with Crippen molar-refractivity contribution in [2.24, 2.45) is 0 Å². The summed E-state index contributed by atoms with van der Waals surface area (Å²) in [4.78, 5) is 0. The van der Waals surface area contributed by atoms with E-state index in [1.54, 1.807) is 0 Å². The Morgan fingerprint density at radius 1 is 1.23 bits per heavy atom. The van der Waals surface area contributed by atoms with Crippen molar-refractivity contribution < 1.29 is 0 Å². The van der Waals surface area contributed by atoms with E-state index in [1.165, 1.54) is 0 Å². The molecule has 0 rings (SSSR count). The van der Waals surface area contributed by atoms with Crippen LogP contribution in [0.1, 0.15) is 12.8 Å². The lowest BCUT2D eigenvalue weighted by atomic mass is 10.4. The van der Waals surface area contributed by atoms with Crippen LogP contribution in [0, 0.1) is 11.3 Å². The minimum atomic E-state index is 0.585. The third-order valence-corrected chi connectivity index (χ3v) is 1.69. The van der Waals surface area contributed by atoms with Gasteiger partial charge in [0.25, 0.3) is 0 Å². The summed E-state index contributed by atoms with van der Waals surface area (Å²) in [6.45, 7) is 2.67. The summed E-state index contributed by atoms with van der Waals surface area (Å²) in [5.74, 6) is 0. The quantitative estimate of drug-likeness (QED) is 0.350. The van der Waals surface area contributed by atoms with E-state index in [4.69, 9.17) is 5.26 Å². The topological polar surface area (TPSA) is 63.1 Å². The van der Waals surface area contributed by atoms with Crippen molar-refractivity contribution in [3.05, 3.63) is 0 Å². The van der Waals surface area contributed by atoms with E-state index in [2.05, 4.69) is 22.2 Å². The molecule has 0 saturated heterocycles. The number of hydrogen-bond acceptors (Lipinski definition) is 5. The molecular weight excluding hydrogens is 166 g/mol. The highest BCUT2D eigenvalue weighted by Gasteiger charge is 1.96. The lowest BCUT2D eigenvalue weighted by Gasteiger charge is -2.19. The van der Waals surface area contributed by atoms with Crippen LogP contribution in [0.15, 0.2) is 0 Å². The molecule has 13 heavy (non-hydrogen) atoms. The van der Waals surface area contributed by atoms with Gasteiger partial charge in [-0.2, -0.15) is 10.4 Å². The van der Waals surface area contributed by atoms with Crippen molar-refractivity contribution in [1.29, 1.82) is 5.26 Å². The summed E-state index contributed by atoms with van der Waals surface area (Å²) in [6.07, 6.45) is 1.63. The fraction of sp³-hybridized carbons (Fsp3) is 0.875. The lowest BCUT2D eigenvalue weighted by Crippen LogP contribution is -2.45. The fourth-order valence-electron chi connectivity index (χ4n) is 0.967. The molecule has 5 heteroatoms. The van der Waals surface area contributed by atoms with Crippen molar-refractivity contribution in [3.63, 3.8) is 0 Å². The van der Waals surface area contributed by atoms with Gasteiger partial charge >= 0.3 is 0 Å². The van der Waals surface area contributed by atoms with Crippen LogP contribution in [0.4, 0.5) is 0 Å². The Kier molecular flexibility index (Phi) is 8.93. The molecule has 0 aromatic rings. The molecule has 0 amide bonds. The molecule has 0 radical (unpaired) electrons. The van der Waals surface area contributed by atoms with E-state index in [-0.39, 0.29) is 0 Å². The number of hydrogen-bond donors (Lipinski definition) is 3. The molecule has 5 nitrogen and oxygen atoms in total. The van der Waals surface area contributed by atoms with Gasteiger partial charge in [-0.15, -0.1) is 0 Å². The molecule has 0 bridgehead atoms. The normalized spacial score (nSPS) is 10.3. The number of rotatable bonds is 8. The maximum atomic E-state index is 8.27. The van der Waals surface area contributed by atoms with E-state index in [0.717, 1.165) is 26.1 Å². The van der Waals surface area contributed by atoms with Crippen LogP contribution in [0.25, 0.3) is 0 Å². The second-order valence-corrected chi connectivity index (χ2v) is 2.61. The Hall–Kier alpha value is -0.670. The minimum Gasteiger partial charge on any atom is -0.316 e. The fourth-order valence-corrected chi connectivity index (χ4v) is 0.967. The van der Waals surface area contributed by atoms with Gasteiger partial charge < -0.3 is 5.32 Å². The van der Waals surface area contributed by atoms with Crippen molar-refractivity contribution in [3.8, 4) is 6.07 Å². The van der Waals surface area contributed by atoms with Crippen LogP contribution >= 0.6 is 0 Å². The third-order valence-electron chi connectivity index (χ3n) is 1.69. The Bertz CT molecular complexity index is 138. The summed E-state index contributed by atoms with van der Waals surface area (Å²) in [5, 5.41) is 13.4. The molecule has 0 heterocycles. The van der Waals surface area contributed by atoms with Crippen molar-refractivity contribution in [1.82, 2.24) is 21.3 Å². The first kappa shape index (κ1) is 12.3. The molecule has 0 spiro atoms. The van der Waals surface area contributed by atoms with E-state index >= 15 is 0 Å². The maximum Gasteiger partial charge on any atom is 0.0635 e. The molecule has 76 valence electrons. The first-order chi connectivity index (χ1) is 6.35. The molecule has 0 aliphatic rings. The largest absolute Gasteiger partial charge is 0.316 e. The number of nitrogens with zero attached hydrogens (tertiary/aromatic N) is 2. The highest BCUT2D eigenvalue weighted by Crippen LogP contribution is 1.80. The Balaban J connectivity index is 3.11. The molecular formula is C8H19N5. The average Bonchev–Trinajstić information content (AvgIpc) is 2.17. The van der Waals surface area contributed by atoms with Gasteiger partial charge in [-0.05, 0) is 13.0 Å². The molecule has 0 atom stereocenters. The maximum absolute atomic E-state index is 8.27. The Labute approximate surface area is 80.0 Å². The van der Waals surface area contributed by atoms with Crippen molar-refractivity contribution in [2.45, 2.75) is 12.8 Å². The van der Waals surface area contributed by atoms with Gasteiger partial charge in [-0.25, -0.2) is 10.9 Å². The monoisotopic (exact) mass is 185 g/mol. The van der Waals surface area contributed by atoms with Crippen molar-refractivity contribution in [2.75, 3.05) is 33.7 Å². The van der Waals surface area contributed by atoms with Crippen molar-refractivity contribution >= 4 is 0 Å². The van der Waals surface area contributed by atoms with E-state index < -0.39 is 0 Å². The smallest absolute Gasteiger partial charge is 0.0635 e. The molecule has 0 aromatic heterocycles. The summed E-state index contributed by atoms with van der Waals surface area (Å²) < 4.78 is 0. The predicted molar refractivity (Wildman–Crippen MR) is 52.5 cm³/mol. The SMILES string of the molecule is CNN(CCCNCCC#N)NC. The Morgan fingerprint density at radius 2 is 1.92 bits per heavy atom. The van der Waals surface area contributed by atoms with Gasteiger partial charge in [0, 0.05) is 33.6 Å². The van der Waals surface area contributed by atoms with Gasteiger partial charge in [0.1, 0.15) is 0 Å². The number of nitrogens with one attached hydrogen (secondary N) is 3. The van der Waals surface area contributed by atoms with Gasteiger partial charge in [-0.1, -0.05) is 0 Å². The van der Waals surface area contributed by atoms with E-state index in [1.807, 2.05) is 19.2 Å². The summed E-state index contributed by atoms with van der Waals surface area (Å²) >= 11 is 0. The Morgan fingerprint density at radius 3 is 2.46 bits per heavy atom. The first-order valence-electron chi connectivity index (χ1n) is 4.55. The first-order valence-corrected chi connectivity index (χ1v) is 4.55. The van der Waals surface area contributed by atoms with E-state index in [9.17, 15) is 0 Å². The van der Waals surface area contributed by atoms with Crippen LogP contribution in [0.3, 0.4) is 0 Å². The molecule has 0 aliphatic carbocycles. The second kappa shape index (κ2) is 9.42. The summed E-state index contributed by atoms with van der Waals surface area (Å²) in [6, 6.07) is 2.09. The minimum absolute atomic E-state index is 0.585. The molecule has 0 aromatic carbocycles. The van der Waals surface area contributed by atoms with Crippen LogP contribution in [-0.2, 0) is 0 Å². The van der Waals surface area contributed by atoms with Crippen LogP contribution < -0.4 is 16.2 Å². The zero-order chi connectivity index (χ0) is 9.94. The zero-order valence-electron chi connectivity index (χ0n) is 8.43. The summed E-state index contributed by atoms with van der Waals surface area (Å²) in [5.41, 5.74) is 5.99. The molecule has 0 aliphatic heterocycles.